The molecular weight excluding hydrogens is 405 g/mol. The van der Waals surface area contributed by atoms with Crippen LogP contribution in [0.4, 0.5) is 19.1 Å². The molecule has 0 aliphatic carbocycles. The number of halogens is 4. The van der Waals surface area contributed by atoms with Crippen LogP contribution in [0, 0.1) is 0 Å². The second kappa shape index (κ2) is 7.61. The molecule has 2 heterocycles. The highest BCUT2D eigenvalue weighted by molar-refractivity contribution is 7.89. The topological polar surface area (TPSA) is 75.2 Å². The number of aromatic nitrogens is 2. The Hall–Kier alpha value is -1.91. The van der Waals surface area contributed by atoms with Crippen LogP contribution in [0.25, 0.3) is 0 Å². The monoisotopic (exact) mass is 420 g/mol. The van der Waals surface area contributed by atoms with Crippen LogP contribution in [0.2, 0.25) is 5.02 Å². The van der Waals surface area contributed by atoms with Crippen molar-refractivity contribution in [2.24, 2.45) is 0 Å². The molecule has 11 heteroatoms. The molecule has 1 saturated heterocycles. The molecule has 0 spiro atoms. The van der Waals surface area contributed by atoms with Gasteiger partial charge in [-0.05, 0) is 37.1 Å². The quantitative estimate of drug-likeness (QED) is 0.822. The lowest BCUT2D eigenvalue weighted by Crippen LogP contribution is -2.48. The van der Waals surface area contributed by atoms with E-state index in [0.29, 0.717) is 31.4 Å². The number of nitrogens with zero attached hydrogens (tertiary/aromatic N) is 3. The SMILES string of the molecule is O=S(=O)(NC1CCCN(c2ncccn2)C1)c1ccc(Cl)cc1C(F)(F)F. The molecule has 1 atom stereocenters. The highest BCUT2D eigenvalue weighted by Gasteiger charge is 2.38. The Morgan fingerprint density at radius 1 is 1.22 bits per heavy atom. The van der Waals surface area contributed by atoms with Crippen molar-refractivity contribution in [2.75, 3.05) is 18.0 Å². The Labute approximate surface area is 159 Å². The maximum absolute atomic E-state index is 13.2. The number of rotatable bonds is 4. The van der Waals surface area contributed by atoms with Crippen molar-refractivity contribution in [1.29, 1.82) is 0 Å². The van der Waals surface area contributed by atoms with Gasteiger partial charge in [-0.1, -0.05) is 11.6 Å². The van der Waals surface area contributed by atoms with E-state index in [1.807, 2.05) is 0 Å². The zero-order valence-corrected chi connectivity index (χ0v) is 15.5. The highest BCUT2D eigenvalue weighted by atomic mass is 35.5. The number of hydrogen-bond donors (Lipinski definition) is 1. The molecule has 1 N–H and O–H groups in total. The predicted molar refractivity (Wildman–Crippen MR) is 94.0 cm³/mol. The van der Waals surface area contributed by atoms with E-state index in [9.17, 15) is 21.6 Å². The van der Waals surface area contributed by atoms with E-state index in [0.717, 1.165) is 12.1 Å². The molecule has 1 aliphatic rings. The standard InChI is InChI=1S/C16H16ClF3N4O2S/c17-11-4-5-14(13(9-11)16(18,19)20)27(25,26)23-12-3-1-8-24(10-12)15-21-6-2-7-22-15/h2,4-7,9,12,23H,1,3,8,10H2. The summed E-state index contributed by atoms with van der Waals surface area (Å²) in [6.45, 7) is 0.898. The van der Waals surface area contributed by atoms with Crippen molar-refractivity contribution in [3.63, 3.8) is 0 Å². The average Bonchev–Trinajstić information content (AvgIpc) is 2.61. The fourth-order valence-electron chi connectivity index (χ4n) is 2.95. The summed E-state index contributed by atoms with van der Waals surface area (Å²) in [5, 5.41) is -0.189. The molecule has 0 radical (unpaired) electrons. The van der Waals surface area contributed by atoms with Crippen LogP contribution in [0.5, 0.6) is 0 Å². The minimum atomic E-state index is -4.84. The fourth-order valence-corrected chi connectivity index (χ4v) is 4.59. The van der Waals surface area contributed by atoms with E-state index in [4.69, 9.17) is 11.6 Å². The molecule has 1 unspecified atom stereocenters. The van der Waals surface area contributed by atoms with Crippen LogP contribution in [-0.4, -0.2) is 37.5 Å². The summed E-state index contributed by atoms with van der Waals surface area (Å²) < 4.78 is 67.3. The van der Waals surface area contributed by atoms with Gasteiger partial charge in [-0.3, -0.25) is 0 Å². The van der Waals surface area contributed by atoms with E-state index in [2.05, 4.69) is 14.7 Å². The third-order valence-corrected chi connectivity index (χ3v) is 5.93. The van der Waals surface area contributed by atoms with Gasteiger partial charge in [0.25, 0.3) is 0 Å². The van der Waals surface area contributed by atoms with Crippen LogP contribution in [0.3, 0.4) is 0 Å². The van der Waals surface area contributed by atoms with E-state index in [-0.39, 0.29) is 11.6 Å². The number of alkyl halides is 3. The zero-order valence-electron chi connectivity index (χ0n) is 13.9. The molecule has 6 nitrogen and oxygen atoms in total. The lowest BCUT2D eigenvalue weighted by Gasteiger charge is -2.33. The lowest BCUT2D eigenvalue weighted by molar-refractivity contribution is -0.139. The van der Waals surface area contributed by atoms with E-state index in [1.54, 1.807) is 23.4 Å². The van der Waals surface area contributed by atoms with Gasteiger partial charge in [0, 0.05) is 36.5 Å². The Balaban J connectivity index is 1.83. The number of sulfonamides is 1. The van der Waals surface area contributed by atoms with Gasteiger partial charge in [-0.25, -0.2) is 23.1 Å². The van der Waals surface area contributed by atoms with E-state index >= 15 is 0 Å². The predicted octanol–water partition coefficient (Wildman–Crippen LogP) is 3.10. The summed E-state index contributed by atoms with van der Waals surface area (Å²) in [7, 11) is -4.39. The van der Waals surface area contributed by atoms with Gasteiger partial charge >= 0.3 is 6.18 Å². The van der Waals surface area contributed by atoms with Crippen molar-refractivity contribution in [1.82, 2.24) is 14.7 Å². The molecule has 2 aromatic rings. The normalized spacial score (nSPS) is 18.5. The van der Waals surface area contributed by atoms with Gasteiger partial charge in [-0.15, -0.1) is 0 Å². The first kappa shape index (κ1) is 19.8. The molecular formula is C16H16ClF3N4O2S. The summed E-state index contributed by atoms with van der Waals surface area (Å²) in [6, 6.07) is 3.70. The second-order valence-corrected chi connectivity index (χ2v) is 8.21. The molecule has 1 aromatic carbocycles. The van der Waals surface area contributed by atoms with E-state index < -0.39 is 32.7 Å². The number of hydrogen-bond acceptors (Lipinski definition) is 5. The molecule has 0 bridgehead atoms. The Morgan fingerprint density at radius 3 is 2.59 bits per heavy atom. The number of piperidine rings is 1. The van der Waals surface area contributed by atoms with Gasteiger partial charge in [-0.2, -0.15) is 13.2 Å². The largest absolute Gasteiger partial charge is 0.417 e. The van der Waals surface area contributed by atoms with Crippen LogP contribution >= 0.6 is 11.6 Å². The first-order valence-corrected chi connectivity index (χ1v) is 9.94. The van der Waals surface area contributed by atoms with Gasteiger partial charge in [0.15, 0.2) is 0 Å². The second-order valence-electron chi connectivity index (χ2n) is 6.09. The fraction of sp³-hybridized carbons (Fsp3) is 0.375. The van der Waals surface area contributed by atoms with Crippen molar-refractivity contribution in [2.45, 2.75) is 30.0 Å². The van der Waals surface area contributed by atoms with Gasteiger partial charge in [0.05, 0.1) is 10.5 Å². The summed E-state index contributed by atoms with van der Waals surface area (Å²) in [5.41, 5.74) is -1.29. The number of anilines is 1. The highest BCUT2D eigenvalue weighted by Crippen LogP contribution is 2.36. The number of nitrogens with one attached hydrogen (secondary N) is 1. The molecule has 1 fully saturated rings. The smallest absolute Gasteiger partial charge is 0.339 e. The average molecular weight is 421 g/mol. The molecule has 0 amide bonds. The number of benzene rings is 1. The molecule has 1 aliphatic heterocycles. The first-order valence-electron chi connectivity index (χ1n) is 8.08. The Kier molecular flexibility index (Phi) is 5.59. The van der Waals surface area contributed by atoms with Crippen LogP contribution < -0.4 is 9.62 Å². The van der Waals surface area contributed by atoms with Crippen LogP contribution in [0.1, 0.15) is 18.4 Å². The summed E-state index contributed by atoms with van der Waals surface area (Å²) in [6.07, 6.45) is -0.556. The third kappa shape index (κ3) is 4.69. The van der Waals surface area contributed by atoms with Gasteiger partial charge < -0.3 is 4.90 Å². The van der Waals surface area contributed by atoms with Crippen LogP contribution in [0.15, 0.2) is 41.6 Å². The first-order chi connectivity index (χ1) is 12.7. The Bertz CT molecular complexity index is 910. The summed E-state index contributed by atoms with van der Waals surface area (Å²) in [5.74, 6) is 0.448. The third-order valence-electron chi connectivity index (χ3n) is 4.11. The zero-order chi connectivity index (χ0) is 19.7. The molecule has 146 valence electrons. The molecule has 3 rings (SSSR count). The molecule has 27 heavy (non-hydrogen) atoms. The van der Waals surface area contributed by atoms with E-state index in [1.165, 1.54) is 0 Å². The van der Waals surface area contributed by atoms with Gasteiger partial charge in [0.1, 0.15) is 0 Å². The minimum absolute atomic E-state index is 0.189. The van der Waals surface area contributed by atoms with Crippen molar-refractivity contribution >= 4 is 27.6 Å². The maximum Gasteiger partial charge on any atom is 0.417 e. The van der Waals surface area contributed by atoms with Crippen LogP contribution in [-0.2, 0) is 16.2 Å². The molecule has 0 saturated carbocycles. The lowest BCUT2D eigenvalue weighted by atomic mass is 10.1. The maximum atomic E-state index is 13.2. The van der Waals surface area contributed by atoms with Crippen molar-refractivity contribution in [3.8, 4) is 0 Å². The molecule has 1 aromatic heterocycles. The van der Waals surface area contributed by atoms with Crippen molar-refractivity contribution in [3.05, 3.63) is 47.2 Å². The summed E-state index contributed by atoms with van der Waals surface area (Å²) >= 11 is 5.62. The minimum Gasteiger partial charge on any atom is -0.339 e. The Morgan fingerprint density at radius 2 is 1.93 bits per heavy atom. The van der Waals surface area contributed by atoms with Crippen molar-refractivity contribution < 1.29 is 21.6 Å². The van der Waals surface area contributed by atoms with Gasteiger partial charge in [0.2, 0.25) is 16.0 Å². The summed E-state index contributed by atoms with van der Waals surface area (Å²) in [4.78, 5) is 9.20.